The van der Waals surface area contributed by atoms with Gasteiger partial charge in [-0.15, -0.1) is 0 Å². The van der Waals surface area contributed by atoms with Crippen LogP contribution in [0.1, 0.15) is 70.6 Å². The fourth-order valence-electron chi connectivity index (χ4n) is 3.66. The summed E-state index contributed by atoms with van der Waals surface area (Å²) in [5.74, 6) is -0.316. The van der Waals surface area contributed by atoms with E-state index in [1.807, 2.05) is 0 Å². The SMILES string of the molecule is O=C(CC1CCCCCC1)NC1CCCC(C(=O)O)C1. The first-order valence-electron chi connectivity index (χ1n) is 8.17. The average molecular weight is 281 g/mol. The summed E-state index contributed by atoms with van der Waals surface area (Å²) in [7, 11) is 0. The molecule has 2 N–H and O–H groups in total. The summed E-state index contributed by atoms with van der Waals surface area (Å²) in [5.41, 5.74) is 0. The lowest BCUT2D eigenvalue weighted by Crippen LogP contribution is -2.40. The maximum atomic E-state index is 12.1. The monoisotopic (exact) mass is 281 g/mol. The van der Waals surface area contributed by atoms with E-state index in [0.29, 0.717) is 18.8 Å². The van der Waals surface area contributed by atoms with Crippen LogP contribution in [-0.4, -0.2) is 23.0 Å². The number of hydrogen-bond donors (Lipinski definition) is 2. The zero-order chi connectivity index (χ0) is 14.4. The summed E-state index contributed by atoms with van der Waals surface area (Å²) in [5, 5.41) is 12.1. The molecule has 0 radical (unpaired) electrons. The Hall–Kier alpha value is -1.06. The minimum Gasteiger partial charge on any atom is -0.481 e. The molecule has 2 aliphatic rings. The number of nitrogens with one attached hydrogen (secondary N) is 1. The molecule has 0 aromatic carbocycles. The van der Waals surface area contributed by atoms with Gasteiger partial charge in [-0.1, -0.05) is 32.1 Å². The molecule has 2 rings (SSSR count). The minimum atomic E-state index is -0.715. The first-order valence-corrected chi connectivity index (χ1v) is 8.17. The highest BCUT2D eigenvalue weighted by Gasteiger charge is 2.28. The van der Waals surface area contributed by atoms with Crippen molar-refractivity contribution in [1.29, 1.82) is 0 Å². The molecule has 2 unspecified atom stereocenters. The molecule has 2 fully saturated rings. The Bertz CT molecular complexity index is 335. The number of aliphatic carboxylic acids is 1. The van der Waals surface area contributed by atoms with Gasteiger partial charge in [0, 0.05) is 12.5 Å². The molecule has 4 heteroatoms. The van der Waals surface area contributed by atoms with E-state index >= 15 is 0 Å². The molecular weight excluding hydrogens is 254 g/mol. The number of carboxylic acid groups (broad SMARTS) is 1. The standard InChI is InChI=1S/C16H27NO3/c18-15(10-12-6-3-1-2-4-7-12)17-14-9-5-8-13(11-14)16(19)20/h12-14H,1-11H2,(H,17,18)(H,19,20). The summed E-state index contributed by atoms with van der Waals surface area (Å²) in [6.45, 7) is 0. The Morgan fingerprint density at radius 2 is 1.65 bits per heavy atom. The van der Waals surface area contributed by atoms with Gasteiger partial charge >= 0.3 is 5.97 Å². The summed E-state index contributed by atoms with van der Waals surface area (Å²) in [4.78, 5) is 23.1. The van der Waals surface area contributed by atoms with E-state index in [-0.39, 0.29) is 17.9 Å². The van der Waals surface area contributed by atoms with Gasteiger partial charge in [0.2, 0.25) is 5.91 Å². The molecule has 2 aliphatic carbocycles. The van der Waals surface area contributed by atoms with Crippen molar-refractivity contribution in [3.05, 3.63) is 0 Å². The Balaban J connectivity index is 1.74. The number of amides is 1. The highest BCUT2D eigenvalue weighted by atomic mass is 16.4. The van der Waals surface area contributed by atoms with Gasteiger partial charge < -0.3 is 10.4 Å². The van der Waals surface area contributed by atoms with E-state index in [4.69, 9.17) is 5.11 Å². The van der Waals surface area contributed by atoms with E-state index < -0.39 is 5.97 Å². The molecule has 0 aromatic heterocycles. The zero-order valence-electron chi connectivity index (χ0n) is 12.3. The number of carbonyl (C=O) groups is 2. The van der Waals surface area contributed by atoms with Crippen LogP contribution in [0, 0.1) is 11.8 Å². The molecule has 0 spiro atoms. The molecule has 0 aromatic rings. The molecule has 0 bridgehead atoms. The van der Waals surface area contributed by atoms with E-state index in [2.05, 4.69) is 5.32 Å². The highest BCUT2D eigenvalue weighted by Crippen LogP contribution is 2.27. The van der Waals surface area contributed by atoms with Gasteiger partial charge in [0.25, 0.3) is 0 Å². The van der Waals surface area contributed by atoms with Crippen LogP contribution < -0.4 is 5.32 Å². The molecule has 4 nitrogen and oxygen atoms in total. The second-order valence-corrected chi connectivity index (χ2v) is 6.53. The number of hydrogen-bond acceptors (Lipinski definition) is 2. The number of carboxylic acids is 1. The Kier molecular flexibility index (Phi) is 5.86. The van der Waals surface area contributed by atoms with Gasteiger partial charge in [-0.2, -0.15) is 0 Å². The van der Waals surface area contributed by atoms with Gasteiger partial charge in [0.15, 0.2) is 0 Å². The fourth-order valence-corrected chi connectivity index (χ4v) is 3.66. The van der Waals surface area contributed by atoms with E-state index in [9.17, 15) is 9.59 Å². The Morgan fingerprint density at radius 1 is 0.950 bits per heavy atom. The lowest BCUT2D eigenvalue weighted by molar-refractivity contribution is -0.143. The quantitative estimate of drug-likeness (QED) is 0.778. The van der Waals surface area contributed by atoms with Crippen molar-refractivity contribution in [3.8, 4) is 0 Å². The normalized spacial score (nSPS) is 28.6. The molecule has 2 saturated carbocycles. The van der Waals surface area contributed by atoms with Crippen molar-refractivity contribution < 1.29 is 14.7 Å². The van der Waals surface area contributed by atoms with Crippen LogP contribution >= 0.6 is 0 Å². The van der Waals surface area contributed by atoms with Gasteiger partial charge in [0.1, 0.15) is 0 Å². The van der Waals surface area contributed by atoms with Crippen molar-refractivity contribution >= 4 is 11.9 Å². The van der Waals surface area contributed by atoms with Crippen LogP contribution in [0.5, 0.6) is 0 Å². The molecule has 20 heavy (non-hydrogen) atoms. The predicted octanol–water partition coefficient (Wildman–Crippen LogP) is 3.11. The van der Waals surface area contributed by atoms with Crippen LogP contribution in [0.15, 0.2) is 0 Å². The Morgan fingerprint density at radius 3 is 2.30 bits per heavy atom. The lowest BCUT2D eigenvalue weighted by atomic mass is 9.85. The third-order valence-corrected chi connectivity index (χ3v) is 4.84. The second-order valence-electron chi connectivity index (χ2n) is 6.53. The largest absolute Gasteiger partial charge is 0.481 e. The summed E-state index contributed by atoms with van der Waals surface area (Å²) in [6.07, 6.45) is 11.3. The van der Waals surface area contributed by atoms with E-state index in [1.165, 1.54) is 38.5 Å². The molecule has 114 valence electrons. The van der Waals surface area contributed by atoms with Crippen LogP contribution in [0.4, 0.5) is 0 Å². The van der Waals surface area contributed by atoms with Crippen LogP contribution in [0.25, 0.3) is 0 Å². The van der Waals surface area contributed by atoms with Crippen LogP contribution in [0.3, 0.4) is 0 Å². The number of carbonyl (C=O) groups excluding carboxylic acids is 1. The van der Waals surface area contributed by atoms with Crippen molar-refractivity contribution in [1.82, 2.24) is 5.32 Å². The third-order valence-electron chi connectivity index (χ3n) is 4.84. The van der Waals surface area contributed by atoms with Crippen LogP contribution in [-0.2, 0) is 9.59 Å². The molecule has 1 amide bonds. The first-order chi connectivity index (χ1) is 9.65. The van der Waals surface area contributed by atoms with Crippen molar-refractivity contribution in [2.24, 2.45) is 11.8 Å². The predicted molar refractivity (Wildman–Crippen MR) is 77.3 cm³/mol. The zero-order valence-corrected chi connectivity index (χ0v) is 12.3. The smallest absolute Gasteiger partial charge is 0.306 e. The Labute approximate surface area is 121 Å². The maximum absolute atomic E-state index is 12.1. The molecule has 0 heterocycles. The summed E-state index contributed by atoms with van der Waals surface area (Å²) < 4.78 is 0. The van der Waals surface area contributed by atoms with Gasteiger partial charge in [-0.3, -0.25) is 9.59 Å². The molecular formula is C16H27NO3. The molecule has 2 atom stereocenters. The maximum Gasteiger partial charge on any atom is 0.306 e. The summed E-state index contributed by atoms with van der Waals surface area (Å²) in [6, 6.07) is 0.0723. The van der Waals surface area contributed by atoms with Crippen molar-refractivity contribution in [2.75, 3.05) is 0 Å². The molecule has 0 aliphatic heterocycles. The minimum absolute atomic E-state index is 0.0723. The summed E-state index contributed by atoms with van der Waals surface area (Å²) >= 11 is 0. The topological polar surface area (TPSA) is 66.4 Å². The molecule has 0 saturated heterocycles. The highest BCUT2D eigenvalue weighted by molar-refractivity contribution is 5.76. The second kappa shape index (κ2) is 7.65. The van der Waals surface area contributed by atoms with Crippen molar-refractivity contribution in [3.63, 3.8) is 0 Å². The van der Waals surface area contributed by atoms with Gasteiger partial charge in [-0.05, 0) is 38.0 Å². The lowest BCUT2D eigenvalue weighted by Gasteiger charge is -2.28. The van der Waals surface area contributed by atoms with Gasteiger partial charge in [-0.25, -0.2) is 0 Å². The first kappa shape index (κ1) is 15.3. The number of rotatable bonds is 4. The van der Waals surface area contributed by atoms with Crippen LogP contribution in [0.2, 0.25) is 0 Å². The average Bonchev–Trinajstić information content (AvgIpc) is 2.67. The van der Waals surface area contributed by atoms with E-state index in [1.54, 1.807) is 0 Å². The fraction of sp³-hybridized carbons (Fsp3) is 0.875. The van der Waals surface area contributed by atoms with Crippen molar-refractivity contribution in [2.45, 2.75) is 76.7 Å². The van der Waals surface area contributed by atoms with Gasteiger partial charge in [0.05, 0.1) is 5.92 Å². The third kappa shape index (κ3) is 4.80. The van der Waals surface area contributed by atoms with E-state index in [0.717, 1.165) is 19.3 Å².